The average molecular weight is 278 g/mol. The van der Waals surface area contributed by atoms with E-state index >= 15 is 0 Å². The van der Waals surface area contributed by atoms with Crippen molar-refractivity contribution >= 4 is 5.91 Å². The summed E-state index contributed by atoms with van der Waals surface area (Å²) in [4.78, 5) is 12.1. The van der Waals surface area contributed by atoms with E-state index < -0.39 is 0 Å². The van der Waals surface area contributed by atoms with Crippen molar-refractivity contribution in [2.75, 3.05) is 13.1 Å². The van der Waals surface area contributed by atoms with Crippen molar-refractivity contribution in [2.24, 2.45) is 11.1 Å². The maximum atomic E-state index is 12.1. The number of amides is 1. The van der Waals surface area contributed by atoms with Crippen LogP contribution in [-0.4, -0.2) is 28.8 Å². The largest absolute Gasteiger partial charge is 0.354 e. The number of hydrogen-bond acceptors (Lipinski definition) is 3. The van der Waals surface area contributed by atoms with Gasteiger partial charge < -0.3 is 11.1 Å². The average Bonchev–Trinajstić information content (AvgIpc) is 2.85. The normalized spacial score (nSPS) is 17.9. The zero-order valence-electron chi connectivity index (χ0n) is 12.4. The maximum absolute atomic E-state index is 12.1. The molecule has 1 aromatic heterocycles. The Labute approximate surface area is 120 Å². The van der Waals surface area contributed by atoms with E-state index in [2.05, 4.69) is 10.4 Å². The van der Waals surface area contributed by atoms with Gasteiger partial charge in [-0.2, -0.15) is 5.10 Å². The van der Waals surface area contributed by atoms with Crippen LogP contribution in [0.5, 0.6) is 0 Å². The van der Waals surface area contributed by atoms with Gasteiger partial charge in [0.25, 0.3) is 0 Å². The van der Waals surface area contributed by atoms with Crippen LogP contribution >= 0.6 is 0 Å². The molecule has 0 aromatic carbocycles. The van der Waals surface area contributed by atoms with Crippen LogP contribution < -0.4 is 11.1 Å². The van der Waals surface area contributed by atoms with Gasteiger partial charge in [-0.15, -0.1) is 0 Å². The van der Waals surface area contributed by atoms with Crippen molar-refractivity contribution in [2.45, 2.75) is 52.0 Å². The lowest BCUT2D eigenvalue weighted by molar-refractivity contribution is -0.123. The fourth-order valence-electron chi connectivity index (χ4n) is 3.06. The minimum Gasteiger partial charge on any atom is -0.354 e. The molecule has 1 aromatic rings. The van der Waals surface area contributed by atoms with Crippen molar-refractivity contribution in [3.05, 3.63) is 18.0 Å². The Kier molecular flexibility index (Phi) is 5.17. The second-order valence-electron chi connectivity index (χ2n) is 6.07. The Bertz CT molecular complexity index is 435. The monoisotopic (exact) mass is 278 g/mol. The van der Waals surface area contributed by atoms with E-state index in [-0.39, 0.29) is 11.3 Å². The topological polar surface area (TPSA) is 72.9 Å². The van der Waals surface area contributed by atoms with Crippen molar-refractivity contribution in [1.29, 1.82) is 0 Å². The van der Waals surface area contributed by atoms with Crippen molar-refractivity contribution in [1.82, 2.24) is 15.1 Å². The molecule has 5 nitrogen and oxygen atoms in total. The van der Waals surface area contributed by atoms with Gasteiger partial charge in [-0.1, -0.05) is 19.3 Å². The summed E-state index contributed by atoms with van der Waals surface area (Å²) in [6.45, 7) is 3.98. The second kappa shape index (κ2) is 6.88. The summed E-state index contributed by atoms with van der Waals surface area (Å²) in [5.41, 5.74) is 7.10. The zero-order chi connectivity index (χ0) is 14.4. The Morgan fingerprint density at radius 3 is 2.80 bits per heavy atom. The van der Waals surface area contributed by atoms with Gasteiger partial charge in [0.15, 0.2) is 0 Å². The number of aromatic nitrogens is 2. The zero-order valence-corrected chi connectivity index (χ0v) is 12.4. The van der Waals surface area contributed by atoms with E-state index in [4.69, 9.17) is 5.73 Å². The van der Waals surface area contributed by atoms with Gasteiger partial charge in [0.2, 0.25) is 5.91 Å². The van der Waals surface area contributed by atoms with E-state index in [0.717, 1.165) is 24.9 Å². The fraction of sp³-hybridized carbons (Fsp3) is 0.733. The molecule has 0 unspecified atom stereocenters. The van der Waals surface area contributed by atoms with Crippen LogP contribution in [0.15, 0.2) is 12.4 Å². The molecule has 112 valence electrons. The number of nitrogens with zero attached hydrogens (tertiary/aromatic N) is 2. The molecule has 1 saturated carbocycles. The SMILES string of the molecule is Cc1cnn(CCNC(=O)CC2(CN)CCCCC2)c1. The molecular formula is C15H26N4O. The third kappa shape index (κ3) is 4.07. The van der Waals surface area contributed by atoms with E-state index in [9.17, 15) is 4.79 Å². The molecule has 0 atom stereocenters. The highest BCUT2D eigenvalue weighted by Crippen LogP contribution is 2.38. The minimum absolute atomic E-state index is 0.0463. The number of carbonyl (C=O) groups is 1. The number of hydrogen-bond donors (Lipinski definition) is 2. The van der Waals surface area contributed by atoms with Gasteiger partial charge in [-0.25, -0.2) is 0 Å². The molecule has 20 heavy (non-hydrogen) atoms. The molecule has 1 fully saturated rings. The molecule has 1 amide bonds. The lowest BCUT2D eigenvalue weighted by Gasteiger charge is -2.35. The molecule has 1 aliphatic rings. The van der Waals surface area contributed by atoms with E-state index in [1.807, 2.05) is 24.0 Å². The third-order valence-electron chi connectivity index (χ3n) is 4.31. The Morgan fingerprint density at radius 1 is 1.45 bits per heavy atom. The first kappa shape index (κ1) is 15.0. The highest BCUT2D eigenvalue weighted by Gasteiger charge is 2.32. The number of carbonyl (C=O) groups excluding carboxylic acids is 1. The number of nitrogens with two attached hydrogens (primary N) is 1. The summed E-state index contributed by atoms with van der Waals surface area (Å²) in [6, 6.07) is 0. The predicted octanol–water partition coefficient (Wildman–Crippen LogP) is 1.61. The van der Waals surface area contributed by atoms with Crippen LogP contribution in [0.2, 0.25) is 0 Å². The Balaban J connectivity index is 1.74. The fourth-order valence-corrected chi connectivity index (χ4v) is 3.06. The van der Waals surface area contributed by atoms with Crippen LogP contribution in [-0.2, 0) is 11.3 Å². The van der Waals surface area contributed by atoms with Crippen molar-refractivity contribution in [3.63, 3.8) is 0 Å². The van der Waals surface area contributed by atoms with E-state index in [1.54, 1.807) is 0 Å². The number of nitrogens with one attached hydrogen (secondary N) is 1. The molecule has 0 radical (unpaired) electrons. The number of aryl methyl sites for hydroxylation is 1. The lowest BCUT2D eigenvalue weighted by Crippen LogP contribution is -2.39. The van der Waals surface area contributed by atoms with Crippen LogP contribution in [0, 0.1) is 12.3 Å². The first-order valence-corrected chi connectivity index (χ1v) is 7.59. The standard InChI is InChI=1S/C15H26N4O/c1-13-10-18-19(11-13)8-7-17-14(20)9-15(12-16)5-3-2-4-6-15/h10-11H,2-9,12,16H2,1H3,(H,17,20). The molecule has 0 saturated heterocycles. The first-order chi connectivity index (χ1) is 9.63. The molecule has 0 aliphatic heterocycles. The Hall–Kier alpha value is -1.36. The molecule has 2 rings (SSSR count). The van der Waals surface area contributed by atoms with Gasteiger partial charge in [0.1, 0.15) is 0 Å². The molecule has 1 heterocycles. The molecule has 5 heteroatoms. The second-order valence-corrected chi connectivity index (χ2v) is 6.07. The van der Waals surface area contributed by atoms with Crippen LogP contribution in [0.1, 0.15) is 44.1 Å². The summed E-state index contributed by atoms with van der Waals surface area (Å²) < 4.78 is 1.86. The summed E-state index contributed by atoms with van der Waals surface area (Å²) in [5, 5.41) is 7.19. The molecule has 3 N–H and O–H groups in total. The highest BCUT2D eigenvalue weighted by atomic mass is 16.1. The van der Waals surface area contributed by atoms with E-state index in [0.29, 0.717) is 19.5 Å². The van der Waals surface area contributed by atoms with Crippen LogP contribution in [0.25, 0.3) is 0 Å². The summed E-state index contributed by atoms with van der Waals surface area (Å²) in [5.74, 6) is 0.126. The smallest absolute Gasteiger partial charge is 0.220 e. The molecular weight excluding hydrogens is 252 g/mol. The number of rotatable bonds is 6. The maximum Gasteiger partial charge on any atom is 0.220 e. The van der Waals surface area contributed by atoms with Crippen LogP contribution in [0.3, 0.4) is 0 Å². The Morgan fingerprint density at radius 2 is 2.20 bits per heavy atom. The van der Waals surface area contributed by atoms with Gasteiger partial charge in [-0.05, 0) is 37.3 Å². The van der Waals surface area contributed by atoms with Crippen molar-refractivity contribution < 1.29 is 4.79 Å². The quantitative estimate of drug-likeness (QED) is 0.830. The van der Waals surface area contributed by atoms with Gasteiger partial charge in [0, 0.05) is 19.2 Å². The van der Waals surface area contributed by atoms with Gasteiger partial charge >= 0.3 is 0 Å². The van der Waals surface area contributed by atoms with Crippen LogP contribution in [0.4, 0.5) is 0 Å². The predicted molar refractivity (Wildman–Crippen MR) is 79.2 cm³/mol. The molecule has 0 spiro atoms. The van der Waals surface area contributed by atoms with Gasteiger partial charge in [-0.3, -0.25) is 9.48 Å². The molecule has 0 bridgehead atoms. The highest BCUT2D eigenvalue weighted by molar-refractivity contribution is 5.76. The van der Waals surface area contributed by atoms with Crippen molar-refractivity contribution in [3.8, 4) is 0 Å². The summed E-state index contributed by atoms with van der Waals surface area (Å²) >= 11 is 0. The summed E-state index contributed by atoms with van der Waals surface area (Å²) in [6.07, 6.45) is 10.3. The first-order valence-electron chi connectivity index (χ1n) is 7.59. The van der Waals surface area contributed by atoms with Gasteiger partial charge in [0.05, 0.1) is 12.7 Å². The van der Waals surface area contributed by atoms with E-state index in [1.165, 1.54) is 19.3 Å². The lowest BCUT2D eigenvalue weighted by atomic mass is 9.71. The third-order valence-corrected chi connectivity index (χ3v) is 4.31. The molecule has 1 aliphatic carbocycles. The summed E-state index contributed by atoms with van der Waals surface area (Å²) in [7, 11) is 0. The minimum atomic E-state index is 0.0463.